The minimum atomic E-state index is -3.53. The van der Waals surface area contributed by atoms with Crippen LogP contribution in [0.3, 0.4) is 0 Å². The molecule has 0 spiro atoms. The van der Waals surface area contributed by atoms with E-state index in [1.54, 1.807) is 13.1 Å². The Balaban J connectivity index is 2.67. The third kappa shape index (κ3) is 3.81. The van der Waals surface area contributed by atoms with Crippen molar-refractivity contribution in [3.8, 4) is 0 Å². The van der Waals surface area contributed by atoms with Crippen LogP contribution in [0.5, 0.6) is 0 Å². The predicted molar refractivity (Wildman–Crippen MR) is 69.6 cm³/mol. The Labute approximate surface area is 108 Å². The lowest BCUT2D eigenvalue weighted by atomic mass is 10.4. The van der Waals surface area contributed by atoms with Gasteiger partial charge in [0.15, 0.2) is 0 Å². The quantitative estimate of drug-likeness (QED) is 0.774. The normalized spacial score (nSPS) is 12.6. The number of sulfonamides is 1. The smallest absolute Gasteiger partial charge is 0.276 e. The van der Waals surface area contributed by atoms with Crippen molar-refractivity contribution >= 4 is 10.0 Å². The fourth-order valence-electron chi connectivity index (χ4n) is 1.49. The topological polar surface area (TPSA) is 79.8 Å². The van der Waals surface area contributed by atoms with Crippen molar-refractivity contribution < 1.29 is 12.8 Å². The van der Waals surface area contributed by atoms with Crippen molar-refractivity contribution in [2.24, 2.45) is 5.73 Å². The zero-order valence-corrected chi connectivity index (χ0v) is 11.9. The number of nitrogens with two attached hydrogens (primary N) is 1. The van der Waals surface area contributed by atoms with Gasteiger partial charge < -0.3 is 15.1 Å². The minimum Gasteiger partial charge on any atom is -0.447 e. The van der Waals surface area contributed by atoms with E-state index in [0.29, 0.717) is 12.3 Å². The fraction of sp³-hybridized carbons (Fsp3) is 0.636. The monoisotopic (exact) mass is 275 g/mol. The van der Waals surface area contributed by atoms with Gasteiger partial charge in [0.05, 0.1) is 6.54 Å². The maximum absolute atomic E-state index is 12.1. The van der Waals surface area contributed by atoms with E-state index in [1.165, 1.54) is 10.4 Å². The van der Waals surface area contributed by atoms with Gasteiger partial charge in [-0.2, -0.15) is 4.31 Å². The molecule has 0 bridgehead atoms. The van der Waals surface area contributed by atoms with Gasteiger partial charge in [0.2, 0.25) is 5.09 Å². The molecule has 2 N–H and O–H groups in total. The Bertz CT molecular complexity index is 468. The SMILES string of the molecule is CN(C)CCCN(C)S(=O)(=O)c1ccc(CN)o1. The molecule has 7 heteroatoms. The van der Waals surface area contributed by atoms with Crippen LogP contribution < -0.4 is 5.73 Å². The van der Waals surface area contributed by atoms with Gasteiger partial charge in [-0.15, -0.1) is 0 Å². The molecule has 0 aliphatic rings. The summed E-state index contributed by atoms with van der Waals surface area (Å²) in [4.78, 5) is 2.01. The molecule has 18 heavy (non-hydrogen) atoms. The van der Waals surface area contributed by atoms with E-state index in [0.717, 1.165) is 13.0 Å². The van der Waals surface area contributed by atoms with Gasteiger partial charge in [-0.3, -0.25) is 0 Å². The molecular weight excluding hydrogens is 254 g/mol. The molecule has 0 amide bonds. The fourth-order valence-corrected chi connectivity index (χ4v) is 2.62. The van der Waals surface area contributed by atoms with Crippen molar-refractivity contribution in [1.29, 1.82) is 0 Å². The van der Waals surface area contributed by atoms with Crippen LogP contribution in [0.15, 0.2) is 21.6 Å². The number of hydrogen-bond donors (Lipinski definition) is 1. The number of rotatable bonds is 7. The van der Waals surface area contributed by atoms with Crippen molar-refractivity contribution in [3.05, 3.63) is 17.9 Å². The highest BCUT2D eigenvalue weighted by molar-refractivity contribution is 7.89. The summed E-state index contributed by atoms with van der Waals surface area (Å²) in [6.45, 7) is 1.49. The summed E-state index contributed by atoms with van der Waals surface area (Å²) in [6, 6.07) is 3.03. The third-order valence-corrected chi connectivity index (χ3v) is 4.31. The first-order valence-electron chi connectivity index (χ1n) is 5.77. The van der Waals surface area contributed by atoms with Gasteiger partial charge in [-0.05, 0) is 39.2 Å². The summed E-state index contributed by atoms with van der Waals surface area (Å²) >= 11 is 0. The van der Waals surface area contributed by atoms with Gasteiger partial charge in [-0.25, -0.2) is 8.42 Å². The highest BCUT2D eigenvalue weighted by Gasteiger charge is 2.23. The van der Waals surface area contributed by atoms with Gasteiger partial charge in [0.1, 0.15) is 5.76 Å². The van der Waals surface area contributed by atoms with Crippen LogP contribution >= 0.6 is 0 Å². The number of nitrogens with zero attached hydrogens (tertiary/aromatic N) is 2. The Morgan fingerprint density at radius 2 is 1.89 bits per heavy atom. The van der Waals surface area contributed by atoms with E-state index in [-0.39, 0.29) is 11.6 Å². The van der Waals surface area contributed by atoms with Crippen LogP contribution in [-0.2, 0) is 16.6 Å². The maximum Gasteiger partial charge on any atom is 0.276 e. The van der Waals surface area contributed by atoms with E-state index in [1.807, 2.05) is 19.0 Å². The molecule has 1 aromatic heterocycles. The first-order chi connectivity index (χ1) is 8.37. The zero-order valence-electron chi connectivity index (χ0n) is 11.1. The third-order valence-electron chi connectivity index (χ3n) is 2.58. The summed E-state index contributed by atoms with van der Waals surface area (Å²) in [5.41, 5.74) is 5.39. The zero-order chi connectivity index (χ0) is 13.8. The molecule has 0 saturated carbocycles. The molecule has 0 radical (unpaired) electrons. The summed E-state index contributed by atoms with van der Waals surface area (Å²) in [6.07, 6.45) is 0.771. The maximum atomic E-state index is 12.1. The first kappa shape index (κ1) is 15.2. The van der Waals surface area contributed by atoms with E-state index >= 15 is 0 Å². The van der Waals surface area contributed by atoms with E-state index in [2.05, 4.69) is 0 Å². The van der Waals surface area contributed by atoms with Crippen molar-refractivity contribution in [3.63, 3.8) is 0 Å². The average Bonchev–Trinajstić information content (AvgIpc) is 2.77. The summed E-state index contributed by atoms with van der Waals surface area (Å²) in [7, 11) is 1.92. The Morgan fingerprint density at radius 3 is 2.39 bits per heavy atom. The van der Waals surface area contributed by atoms with Crippen molar-refractivity contribution in [2.45, 2.75) is 18.1 Å². The molecule has 0 unspecified atom stereocenters. The minimum absolute atomic E-state index is 0.0460. The van der Waals surface area contributed by atoms with Gasteiger partial charge in [-0.1, -0.05) is 0 Å². The number of furan rings is 1. The molecule has 0 atom stereocenters. The molecule has 0 aliphatic heterocycles. The van der Waals surface area contributed by atoms with E-state index in [9.17, 15) is 8.42 Å². The molecule has 6 nitrogen and oxygen atoms in total. The second-order valence-electron chi connectivity index (χ2n) is 4.41. The lowest BCUT2D eigenvalue weighted by molar-refractivity contribution is 0.358. The van der Waals surface area contributed by atoms with Crippen LogP contribution in [0.25, 0.3) is 0 Å². The van der Waals surface area contributed by atoms with Gasteiger partial charge in [0, 0.05) is 13.6 Å². The standard InChI is InChI=1S/C11H21N3O3S/c1-13(2)7-4-8-14(3)18(15,16)11-6-5-10(9-12)17-11/h5-6H,4,7-9,12H2,1-3H3. The molecule has 104 valence electrons. The molecule has 0 aromatic carbocycles. The highest BCUT2D eigenvalue weighted by atomic mass is 32.2. The number of hydrogen-bond acceptors (Lipinski definition) is 5. The van der Waals surface area contributed by atoms with Gasteiger partial charge >= 0.3 is 0 Å². The van der Waals surface area contributed by atoms with E-state index in [4.69, 9.17) is 10.2 Å². The molecule has 1 heterocycles. The molecule has 0 saturated heterocycles. The molecular formula is C11H21N3O3S. The second kappa shape index (κ2) is 6.33. The largest absolute Gasteiger partial charge is 0.447 e. The van der Waals surface area contributed by atoms with Crippen LogP contribution in [-0.4, -0.2) is 51.9 Å². The van der Waals surface area contributed by atoms with Crippen LogP contribution in [0.1, 0.15) is 12.2 Å². The van der Waals surface area contributed by atoms with Crippen LogP contribution in [0.2, 0.25) is 0 Å². The summed E-state index contributed by atoms with van der Waals surface area (Å²) < 4.78 is 30.7. The lowest BCUT2D eigenvalue weighted by Gasteiger charge is -2.16. The van der Waals surface area contributed by atoms with Crippen molar-refractivity contribution in [2.75, 3.05) is 34.2 Å². The molecule has 1 rings (SSSR count). The molecule has 0 aliphatic carbocycles. The van der Waals surface area contributed by atoms with E-state index < -0.39 is 10.0 Å². The average molecular weight is 275 g/mol. The van der Waals surface area contributed by atoms with Crippen LogP contribution in [0.4, 0.5) is 0 Å². The Kier molecular flexibility index (Phi) is 5.33. The lowest BCUT2D eigenvalue weighted by Crippen LogP contribution is -2.29. The van der Waals surface area contributed by atoms with Crippen molar-refractivity contribution in [1.82, 2.24) is 9.21 Å². The summed E-state index contributed by atoms with van der Waals surface area (Å²) in [5.74, 6) is 0.468. The van der Waals surface area contributed by atoms with Crippen LogP contribution in [0, 0.1) is 0 Å². The van der Waals surface area contributed by atoms with Gasteiger partial charge in [0.25, 0.3) is 10.0 Å². The Hall–Kier alpha value is -0.890. The first-order valence-corrected chi connectivity index (χ1v) is 7.21. The molecule has 0 fully saturated rings. The molecule has 1 aromatic rings. The second-order valence-corrected chi connectivity index (χ2v) is 6.38. The Morgan fingerprint density at radius 1 is 1.22 bits per heavy atom. The predicted octanol–water partition coefficient (Wildman–Crippen LogP) is 0.311. The summed E-state index contributed by atoms with van der Waals surface area (Å²) in [5, 5.41) is -0.0460. The highest BCUT2D eigenvalue weighted by Crippen LogP contribution is 2.17.